The van der Waals surface area contributed by atoms with Gasteiger partial charge in [0.15, 0.2) is 5.69 Å². The summed E-state index contributed by atoms with van der Waals surface area (Å²) in [6.45, 7) is 7.37. The Bertz CT molecular complexity index is 664. The van der Waals surface area contributed by atoms with Gasteiger partial charge in [-0.15, -0.1) is 0 Å². The van der Waals surface area contributed by atoms with Crippen molar-refractivity contribution in [1.82, 2.24) is 4.98 Å². The van der Waals surface area contributed by atoms with Crippen molar-refractivity contribution >= 4 is 0 Å². The summed E-state index contributed by atoms with van der Waals surface area (Å²) < 4.78 is 29.1. The Hall–Kier alpha value is -1.84. The van der Waals surface area contributed by atoms with Crippen molar-refractivity contribution in [2.24, 2.45) is 7.05 Å². The third-order valence-electron chi connectivity index (χ3n) is 3.60. The number of aromatic nitrogens is 2. The van der Waals surface area contributed by atoms with Gasteiger partial charge in [0.25, 0.3) is 0 Å². The first-order valence-corrected chi connectivity index (χ1v) is 6.12. The zero-order chi connectivity index (χ0) is 14.3. The molecule has 1 aromatic carbocycles. The van der Waals surface area contributed by atoms with E-state index in [0.717, 1.165) is 28.8 Å². The molecule has 4 heteroatoms. The number of halogens is 2. The van der Waals surface area contributed by atoms with Crippen molar-refractivity contribution in [2.45, 2.75) is 27.7 Å². The van der Waals surface area contributed by atoms with E-state index in [1.807, 2.05) is 32.4 Å². The van der Waals surface area contributed by atoms with E-state index in [9.17, 15) is 8.78 Å². The molecule has 0 saturated heterocycles. The highest BCUT2D eigenvalue weighted by Crippen LogP contribution is 2.26. The molecule has 1 heterocycles. The highest BCUT2D eigenvalue weighted by Gasteiger charge is 2.23. The van der Waals surface area contributed by atoms with Crippen LogP contribution in [0, 0.1) is 39.3 Å². The number of nitrogens with zero attached hydrogens (tertiary/aromatic N) is 2. The van der Waals surface area contributed by atoms with Crippen molar-refractivity contribution in [2.75, 3.05) is 0 Å². The van der Waals surface area contributed by atoms with E-state index in [0.29, 0.717) is 11.1 Å². The minimum Gasteiger partial charge on any atom is -0.245 e. The topological polar surface area (TPSA) is 16.8 Å². The minimum absolute atomic E-state index is 0.435. The normalized spacial score (nSPS) is 10.9. The Morgan fingerprint density at radius 2 is 1.63 bits per heavy atom. The zero-order valence-corrected chi connectivity index (χ0v) is 11.8. The van der Waals surface area contributed by atoms with Crippen LogP contribution < -0.4 is 4.57 Å². The Morgan fingerprint density at radius 1 is 1.00 bits per heavy atom. The summed E-state index contributed by atoms with van der Waals surface area (Å²) >= 11 is 0. The number of hydrogen-bond donors (Lipinski definition) is 0. The summed E-state index contributed by atoms with van der Waals surface area (Å²) in [7, 11) is 1.88. The van der Waals surface area contributed by atoms with Gasteiger partial charge in [-0.3, -0.25) is 0 Å². The van der Waals surface area contributed by atoms with E-state index in [1.165, 1.54) is 6.07 Å². The van der Waals surface area contributed by atoms with Gasteiger partial charge in [0.2, 0.25) is 5.69 Å². The lowest BCUT2D eigenvalue weighted by Gasteiger charge is -2.10. The lowest BCUT2D eigenvalue weighted by atomic mass is 10.0. The molecule has 100 valence electrons. The zero-order valence-electron chi connectivity index (χ0n) is 11.8. The first-order valence-electron chi connectivity index (χ1n) is 6.12. The standard InChI is InChI=1S/C15H17F2N2/c1-8-13(6-12(16)7-14(8)17)15-10(3)18-9(2)11(4)19(15)5/h6-7H,1-5H3/q+1. The van der Waals surface area contributed by atoms with Crippen LogP contribution >= 0.6 is 0 Å². The smallest absolute Gasteiger partial charge is 0.234 e. The minimum atomic E-state index is -0.573. The summed E-state index contributed by atoms with van der Waals surface area (Å²) in [4.78, 5) is 4.45. The van der Waals surface area contributed by atoms with Gasteiger partial charge in [-0.05, 0) is 32.4 Å². The van der Waals surface area contributed by atoms with Crippen LogP contribution in [0.15, 0.2) is 12.1 Å². The van der Waals surface area contributed by atoms with Crippen molar-refractivity contribution in [3.8, 4) is 11.3 Å². The molecule has 0 N–H and O–H groups in total. The molecule has 19 heavy (non-hydrogen) atoms. The average molecular weight is 263 g/mol. The second kappa shape index (κ2) is 4.68. The van der Waals surface area contributed by atoms with E-state index >= 15 is 0 Å². The molecule has 0 bridgehead atoms. The van der Waals surface area contributed by atoms with Crippen LogP contribution in [-0.4, -0.2) is 4.98 Å². The van der Waals surface area contributed by atoms with Gasteiger partial charge < -0.3 is 0 Å². The molecule has 0 unspecified atom stereocenters. The third-order valence-corrected chi connectivity index (χ3v) is 3.60. The predicted molar refractivity (Wildman–Crippen MR) is 69.7 cm³/mol. The van der Waals surface area contributed by atoms with E-state index in [4.69, 9.17) is 0 Å². The number of rotatable bonds is 1. The molecule has 0 atom stereocenters. The first kappa shape index (κ1) is 13.6. The van der Waals surface area contributed by atoms with Crippen LogP contribution in [0.5, 0.6) is 0 Å². The van der Waals surface area contributed by atoms with E-state index in [-0.39, 0.29) is 0 Å². The summed E-state index contributed by atoms with van der Waals surface area (Å²) in [5.41, 5.74) is 4.39. The summed E-state index contributed by atoms with van der Waals surface area (Å²) in [6.07, 6.45) is 0. The van der Waals surface area contributed by atoms with Crippen LogP contribution in [0.25, 0.3) is 11.3 Å². The molecule has 0 aliphatic heterocycles. The van der Waals surface area contributed by atoms with Gasteiger partial charge in [-0.25, -0.2) is 13.8 Å². The van der Waals surface area contributed by atoms with Crippen molar-refractivity contribution < 1.29 is 13.3 Å². The van der Waals surface area contributed by atoms with Crippen LogP contribution in [0.1, 0.15) is 22.6 Å². The van der Waals surface area contributed by atoms with Crippen molar-refractivity contribution in [1.29, 1.82) is 0 Å². The van der Waals surface area contributed by atoms with Gasteiger partial charge in [0, 0.05) is 13.0 Å². The van der Waals surface area contributed by atoms with Crippen molar-refractivity contribution in [3.63, 3.8) is 0 Å². The SMILES string of the molecule is Cc1nc(C)c(-c2cc(F)cc(F)c2C)[n+](C)c1C. The molecule has 0 aliphatic carbocycles. The summed E-state index contributed by atoms with van der Waals surface area (Å²) in [6, 6.07) is 2.26. The Balaban J connectivity index is 2.83. The predicted octanol–water partition coefficient (Wildman–Crippen LogP) is 3.08. The fourth-order valence-electron chi connectivity index (χ4n) is 2.31. The number of benzene rings is 1. The lowest BCUT2D eigenvalue weighted by molar-refractivity contribution is -0.667. The maximum absolute atomic E-state index is 13.7. The maximum Gasteiger partial charge on any atom is 0.234 e. The van der Waals surface area contributed by atoms with Crippen LogP contribution in [0.4, 0.5) is 8.78 Å². The molecule has 0 fully saturated rings. The maximum atomic E-state index is 13.7. The van der Waals surface area contributed by atoms with Gasteiger partial charge in [0.1, 0.15) is 30.1 Å². The van der Waals surface area contributed by atoms with E-state index in [1.54, 1.807) is 6.92 Å². The van der Waals surface area contributed by atoms with Gasteiger partial charge in [0.05, 0.1) is 5.56 Å². The average Bonchev–Trinajstić information content (AvgIpc) is 2.32. The summed E-state index contributed by atoms with van der Waals surface area (Å²) in [5, 5.41) is 0. The molecule has 0 radical (unpaired) electrons. The van der Waals surface area contributed by atoms with Gasteiger partial charge in [-0.1, -0.05) is 0 Å². The highest BCUT2D eigenvalue weighted by atomic mass is 19.1. The molecule has 1 aromatic heterocycles. The molecule has 2 rings (SSSR count). The molecule has 0 spiro atoms. The molecule has 2 aromatic rings. The molecular weight excluding hydrogens is 246 g/mol. The molecule has 0 saturated carbocycles. The molecule has 2 nitrogen and oxygen atoms in total. The van der Waals surface area contributed by atoms with Crippen LogP contribution in [0.2, 0.25) is 0 Å². The molecular formula is C15H17F2N2+. The van der Waals surface area contributed by atoms with E-state index < -0.39 is 11.6 Å². The van der Waals surface area contributed by atoms with Gasteiger partial charge >= 0.3 is 0 Å². The molecule has 0 amide bonds. The number of hydrogen-bond acceptors (Lipinski definition) is 1. The molecule has 0 aliphatic rings. The second-order valence-corrected chi connectivity index (χ2v) is 4.84. The Morgan fingerprint density at radius 3 is 2.26 bits per heavy atom. The fraction of sp³-hybridized carbons (Fsp3) is 0.333. The summed E-state index contributed by atoms with van der Waals surface area (Å²) in [5.74, 6) is -1.11. The van der Waals surface area contributed by atoms with Crippen LogP contribution in [0.3, 0.4) is 0 Å². The Kier molecular flexibility index (Phi) is 3.35. The van der Waals surface area contributed by atoms with E-state index in [2.05, 4.69) is 4.98 Å². The quantitative estimate of drug-likeness (QED) is 0.722. The highest BCUT2D eigenvalue weighted by molar-refractivity contribution is 5.63. The first-order chi connectivity index (χ1) is 8.82. The lowest BCUT2D eigenvalue weighted by Crippen LogP contribution is -2.37. The third kappa shape index (κ3) is 2.23. The van der Waals surface area contributed by atoms with Crippen molar-refractivity contribution in [3.05, 3.63) is 46.4 Å². The Labute approximate surface area is 111 Å². The fourth-order valence-corrected chi connectivity index (χ4v) is 2.31. The largest absolute Gasteiger partial charge is 0.245 e. The number of aryl methyl sites for hydroxylation is 2. The monoisotopic (exact) mass is 263 g/mol. The van der Waals surface area contributed by atoms with Gasteiger partial charge in [-0.2, -0.15) is 4.57 Å². The second-order valence-electron chi connectivity index (χ2n) is 4.84. The van der Waals surface area contributed by atoms with Crippen LogP contribution in [-0.2, 0) is 7.05 Å².